The van der Waals surface area contributed by atoms with Crippen molar-refractivity contribution in [2.75, 3.05) is 0 Å². The number of hydrogen-bond donors (Lipinski definition) is 0. The second-order valence-electron chi connectivity index (χ2n) is 11.1. The quantitative estimate of drug-likeness (QED) is 0.327. The van der Waals surface area contributed by atoms with Gasteiger partial charge in [-0.05, 0) is 70.7 Å². The molecule has 174 valence electrons. The van der Waals surface area contributed by atoms with Crippen LogP contribution in [0.15, 0.2) is 71.8 Å². The Morgan fingerprint density at radius 1 is 0.676 bits per heavy atom. The molecule has 0 fully saturated rings. The van der Waals surface area contributed by atoms with Crippen LogP contribution < -0.4 is 5.19 Å². The standard InChI is InChI=1S/C33H38Si/c1-20(2)26-9-7-11-28-30(26)17-22(5)32(28)19-34-25-15-13-24(14-16-25)33-23(6)18-31-27(21(3)4)10-8-12-29(31)33/h7-18,20-21,32-33H,19,34H2,1-6H3. The first kappa shape index (κ1) is 23.1. The van der Waals surface area contributed by atoms with Crippen molar-refractivity contribution in [1.82, 2.24) is 0 Å². The number of hydrogen-bond acceptors (Lipinski definition) is 0. The molecule has 2 aliphatic carbocycles. The lowest BCUT2D eigenvalue weighted by Gasteiger charge is -2.18. The first-order chi connectivity index (χ1) is 16.3. The summed E-state index contributed by atoms with van der Waals surface area (Å²) in [4.78, 5) is 0. The lowest BCUT2D eigenvalue weighted by molar-refractivity contribution is 0.853. The molecule has 0 aromatic heterocycles. The summed E-state index contributed by atoms with van der Waals surface area (Å²) in [6, 6.07) is 24.8. The largest absolute Gasteiger partial charge is 0.0669 e. The van der Waals surface area contributed by atoms with Crippen molar-refractivity contribution in [3.8, 4) is 0 Å². The van der Waals surface area contributed by atoms with Crippen LogP contribution in [0.4, 0.5) is 0 Å². The third kappa shape index (κ3) is 4.05. The number of fused-ring (bicyclic) bond motifs is 2. The third-order valence-corrected chi connectivity index (χ3v) is 9.98. The fourth-order valence-electron chi connectivity index (χ4n) is 6.24. The normalized spacial score (nSPS) is 19.2. The Labute approximate surface area is 208 Å². The minimum atomic E-state index is -0.326. The molecule has 2 atom stereocenters. The van der Waals surface area contributed by atoms with E-state index >= 15 is 0 Å². The average Bonchev–Trinajstić information content (AvgIpc) is 3.32. The predicted molar refractivity (Wildman–Crippen MR) is 152 cm³/mol. The van der Waals surface area contributed by atoms with E-state index in [0.717, 1.165) is 0 Å². The molecule has 2 unspecified atom stereocenters. The molecule has 34 heavy (non-hydrogen) atoms. The van der Waals surface area contributed by atoms with E-state index in [4.69, 9.17) is 0 Å². The van der Waals surface area contributed by atoms with Gasteiger partial charge in [0.25, 0.3) is 0 Å². The predicted octanol–water partition coefficient (Wildman–Crippen LogP) is 7.90. The summed E-state index contributed by atoms with van der Waals surface area (Å²) in [5.41, 5.74) is 13.5. The van der Waals surface area contributed by atoms with Crippen molar-refractivity contribution in [2.24, 2.45) is 0 Å². The molecule has 0 saturated heterocycles. The van der Waals surface area contributed by atoms with Gasteiger partial charge in [-0.15, -0.1) is 0 Å². The summed E-state index contributed by atoms with van der Waals surface area (Å²) in [6.07, 6.45) is 4.89. The smallest absolute Gasteiger partial charge is 0.0556 e. The van der Waals surface area contributed by atoms with Crippen LogP contribution in [0, 0.1) is 0 Å². The zero-order valence-corrected chi connectivity index (χ0v) is 23.1. The highest BCUT2D eigenvalue weighted by atomic mass is 28.2. The maximum absolute atomic E-state index is 2.46. The number of rotatable bonds is 6. The van der Waals surface area contributed by atoms with Crippen LogP contribution in [-0.4, -0.2) is 9.52 Å². The molecule has 3 aromatic rings. The average molecular weight is 463 g/mol. The van der Waals surface area contributed by atoms with Gasteiger partial charge in [0, 0.05) is 11.8 Å². The van der Waals surface area contributed by atoms with Gasteiger partial charge in [0.15, 0.2) is 0 Å². The molecule has 5 rings (SSSR count). The SMILES string of the molecule is CC1=Cc2c(C(C)C)cccc2C1C[SiH2]c1ccc(C2C(C)=Cc3c(C(C)C)cccc32)cc1. The Morgan fingerprint density at radius 3 is 1.85 bits per heavy atom. The number of allylic oxidation sites excluding steroid dienone is 2. The van der Waals surface area contributed by atoms with Crippen LogP contribution in [0.2, 0.25) is 6.04 Å². The highest BCUT2D eigenvalue weighted by molar-refractivity contribution is 6.53. The van der Waals surface area contributed by atoms with Gasteiger partial charge in [0.2, 0.25) is 0 Å². The molecular weight excluding hydrogens is 424 g/mol. The van der Waals surface area contributed by atoms with Crippen LogP contribution in [0.25, 0.3) is 12.2 Å². The molecule has 0 N–H and O–H groups in total. The second-order valence-corrected chi connectivity index (χ2v) is 12.9. The maximum atomic E-state index is 2.46. The lowest BCUT2D eigenvalue weighted by Crippen LogP contribution is -2.17. The van der Waals surface area contributed by atoms with Crippen LogP contribution in [0.1, 0.15) is 104 Å². The zero-order valence-electron chi connectivity index (χ0n) is 21.7. The van der Waals surface area contributed by atoms with Crippen molar-refractivity contribution >= 4 is 26.9 Å². The van der Waals surface area contributed by atoms with E-state index in [2.05, 4.69) is 114 Å². The van der Waals surface area contributed by atoms with Gasteiger partial charge >= 0.3 is 0 Å². The Balaban J connectivity index is 1.33. The summed E-state index contributed by atoms with van der Waals surface area (Å²) in [5.74, 6) is 2.16. The summed E-state index contributed by atoms with van der Waals surface area (Å²) < 4.78 is 0. The van der Waals surface area contributed by atoms with E-state index in [1.807, 2.05) is 0 Å². The Hall–Kier alpha value is -2.64. The van der Waals surface area contributed by atoms with Gasteiger partial charge in [-0.1, -0.05) is 117 Å². The van der Waals surface area contributed by atoms with Crippen molar-refractivity contribution in [2.45, 2.75) is 71.3 Å². The Kier molecular flexibility index (Phi) is 6.25. The zero-order chi connectivity index (χ0) is 24.0. The number of benzene rings is 3. The van der Waals surface area contributed by atoms with Crippen LogP contribution in [0.5, 0.6) is 0 Å². The first-order valence-corrected chi connectivity index (χ1v) is 14.8. The van der Waals surface area contributed by atoms with Crippen molar-refractivity contribution in [3.05, 3.63) is 111 Å². The summed E-state index contributed by atoms with van der Waals surface area (Å²) in [7, 11) is -0.326. The first-order valence-electron chi connectivity index (χ1n) is 13.1. The minimum absolute atomic E-state index is 0.326. The Morgan fingerprint density at radius 2 is 1.24 bits per heavy atom. The lowest BCUT2D eigenvalue weighted by atomic mass is 9.87. The van der Waals surface area contributed by atoms with Crippen molar-refractivity contribution in [1.29, 1.82) is 0 Å². The van der Waals surface area contributed by atoms with Gasteiger partial charge in [0.05, 0.1) is 9.52 Å². The minimum Gasteiger partial charge on any atom is -0.0669 e. The van der Waals surface area contributed by atoms with Gasteiger partial charge in [-0.3, -0.25) is 0 Å². The molecule has 3 aromatic carbocycles. The molecular formula is C33H38Si. The van der Waals surface area contributed by atoms with Crippen molar-refractivity contribution < 1.29 is 0 Å². The van der Waals surface area contributed by atoms with E-state index in [1.165, 1.54) is 45.0 Å². The molecule has 0 radical (unpaired) electrons. The molecule has 0 heterocycles. The fourth-order valence-corrected chi connectivity index (χ4v) is 8.20. The van der Waals surface area contributed by atoms with Gasteiger partial charge in [-0.2, -0.15) is 0 Å². The molecule has 0 bridgehead atoms. The highest BCUT2D eigenvalue weighted by Crippen LogP contribution is 2.44. The fraction of sp³-hybridized carbons (Fsp3) is 0.333. The van der Waals surface area contributed by atoms with Gasteiger partial charge in [-0.25, -0.2) is 0 Å². The van der Waals surface area contributed by atoms with E-state index in [1.54, 1.807) is 16.3 Å². The molecule has 0 nitrogen and oxygen atoms in total. The van der Waals surface area contributed by atoms with E-state index < -0.39 is 0 Å². The van der Waals surface area contributed by atoms with Gasteiger partial charge < -0.3 is 0 Å². The van der Waals surface area contributed by atoms with E-state index in [-0.39, 0.29) is 9.52 Å². The second kappa shape index (κ2) is 9.19. The van der Waals surface area contributed by atoms with Crippen LogP contribution in [-0.2, 0) is 0 Å². The molecule has 2 aliphatic rings. The highest BCUT2D eigenvalue weighted by Gasteiger charge is 2.27. The molecule has 1 heteroatoms. The molecule has 0 aliphatic heterocycles. The topological polar surface area (TPSA) is 0 Å². The molecule has 0 amide bonds. The van der Waals surface area contributed by atoms with E-state index in [0.29, 0.717) is 23.7 Å². The van der Waals surface area contributed by atoms with Crippen molar-refractivity contribution in [3.63, 3.8) is 0 Å². The van der Waals surface area contributed by atoms with E-state index in [9.17, 15) is 0 Å². The molecule has 0 saturated carbocycles. The van der Waals surface area contributed by atoms with Gasteiger partial charge in [0.1, 0.15) is 0 Å². The summed E-state index contributed by atoms with van der Waals surface area (Å²) in [6.45, 7) is 13.9. The summed E-state index contributed by atoms with van der Waals surface area (Å²) >= 11 is 0. The molecule has 0 spiro atoms. The van der Waals surface area contributed by atoms with Crippen LogP contribution in [0.3, 0.4) is 0 Å². The summed E-state index contributed by atoms with van der Waals surface area (Å²) in [5, 5.41) is 1.58. The third-order valence-electron chi connectivity index (χ3n) is 8.06. The maximum Gasteiger partial charge on any atom is 0.0556 e. The monoisotopic (exact) mass is 462 g/mol. The van der Waals surface area contributed by atoms with Crippen LogP contribution >= 0.6 is 0 Å². The Bertz CT molecular complexity index is 1270.